The van der Waals surface area contributed by atoms with E-state index in [1.165, 1.54) is 6.92 Å². The summed E-state index contributed by atoms with van der Waals surface area (Å²) in [5.74, 6) is -0.966. The molecule has 1 aliphatic rings. The number of amides is 3. The van der Waals surface area contributed by atoms with Gasteiger partial charge in [0.2, 0.25) is 5.91 Å². The monoisotopic (exact) mass is 400 g/mol. The number of anilines is 2. The van der Waals surface area contributed by atoms with E-state index in [0.717, 1.165) is 5.76 Å². The van der Waals surface area contributed by atoms with Gasteiger partial charge < -0.3 is 25.1 Å². The average Bonchev–Trinajstić information content (AvgIpc) is 3.24. The molecule has 3 N–H and O–H groups in total. The summed E-state index contributed by atoms with van der Waals surface area (Å²) in [6.45, 7) is 4.30. The minimum absolute atomic E-state index is 0.178. The minimum atomic E-state index is -0.766. The molecule has 3 amide bonds. The number of furan rings is 1. The van der Waals surface area contributed by atoms with Crippen LogP contribution in [0.4, 0.5) is 11.4 Å². The van der Waals surface area contributed by atoms with Crippen molar-refractivity contribution in [1.82, 2.24) is 10.2 Å². The Morgan fingerprint density at radius 2 is 1.66 bits per heavy atom. The van der Waals surface area contributed by atoms with Gasteiger partial charge in [0.15, 0.2) is 0 Å². The quantitative estimate of drug-likeness (QED) is 0.631. The molecule has 29 heavy (non-hydrogen) atoms. The van der Waals surface area contributed by atoms with Crippen LogP contribution < -0.4 is 16.0 Å². The first-order valence-electron chi connectivity index (χ1n) is 9.35. The molecule has 1 fully saturated rings. The Morgan fingerprint density at radius 3 is 2.24 bits per heavy atom. The third-order valence-corrected chi connectivity index (χ3v) is 4.48. The lowest BCUT2D eigenvalue weighted by Crippen LogP contribution is -2.45. The van der Waals surface area contributed by atoms with E-state index >= 15 is 0 Å². The van der Waals surface area contributed by atoms with E-state index in [9.17, 15) is 14.4 Å². The highest BCUT2D eigenvalue weighted by atomic mass is 16.5. The molecule has 1 aliphatic heterocycles. The Bertz CT molecular complexity index is 829. The molecule has 0 bridgehead atoms. The summed E-state index contributed by atoms with van der Waals surface area (Å²) in [5.41, 5.74) is 1.06. The second-order valence-electron chi connectivity index (χ2n) is 6.60. The van der Waals surface area contributed by atoms with Gasteiger partial charge in [0.25, 0.3) is 0 Å². The number of hydrogen-bond donors (Lipinski definition) is 3. The first-order chi connectivity index (χ1) is 14.0. The molecule has 2 aromatic rings. The number of nitrogens with one attached hydrogen (secondary N) is 3. The molecular formula is C20H24N4O5. The standard InChI is InChI=1S/C20H24N4O5/c1-14(25)22-15-4-6-16(7-5-15)23-20(27)19(26)21-13-17(18-3-2-10-29-18)24-8-11-28-12-9-24/h2-7,10,17H,8-9,11-13H2,1H3,(H,21,26)(H,22,25)(H,23,27). The molecule has 1 saturated heterocycles. The van der Waals surface area contributed by atoms with Crippen molar-refractivity contribution < 1.29 is 23.5 Å². The number of carbonyl (C=O) groups excluding carboxylic acids is 3. The van der Waals surface area contributed by atoms with Gasteiger partial charge in [-0.25, -0.2) is 0 Å². The number of nitrogens with zero attached hydrogens (tertiary/aromatic N) is 1. The predicted octanol–water partition coefficient (Wildman–Crippen LogP) is 1.37. The van der Waals surface area contributed by atoms with Crippen molar-refractivity contribution in [3.63, 3.8) is 0 Å². The van der Waals surface area contributed by atoms with Crippen molar-refractivity contribution >= 4 is 29.1 Å². The van der Waals surface area contributed by atoms with Crippen LogP contribution in [0.3, 0.4) is 0 Å². The van der Waals surface area contributed by atoms with Crippen molar-refractivity contribution in [2.45, 2.75) is 13.0 Å². The van der Waals surface area contributed by atoms with Crippen molar-refractivity contribution in [3.05, 3.63) is 48.4 Å². The smallest absolute Gasteiger partial charge is 0.313 e. The molecule has 1 unspecified atom stereocenters. The third kappa shape index (κ3) is 5.90. The number of morpholine rings is 1. The van der Waals surface area contributed by atoms with Gasteiger partial charge in [0, 0.05) is 37.9 Å². The highest BCUT2D eigenvalue weighted by Crippen LogP contribution is 2.21. The minimum Gasteiger partial charge on any atom is -0.468 e. The summed E-state index contributed by atoms with van der Waals surface area (Å²) in [5, 5.41) is 7.85. The first kappa shape index (κ1) is 20.6. The number of carbonyl (C=O) groups is 3. The molecule has 154 valence electrons. The fourth-order valence-electron chi connectivity index (χ4n) is 3.08. The molecule has 1 aromatic heterocycles. The summed E-state index contributed by atoms with van der Waals surface area (Å²) < 4.78 is 10.9. The van der Waals surface area contributed by atoms with Crippen LogP contribution in [0.5, 0.6) is 0 Å². The average molecular weight is 400 g/mol. The molecule has 0 radical (unpaired) electrons. The topological polar surface area (TPSA) is 113 Å². The molecular weight excluding hydrogens is 376 g/mol. The van der Waals surface area contributed by atoms with E-state index in [1.54, 1.807) is 36.6 Å². The van der Waals surface area contributed by atoms with E-state index < -0.39 is 11.8 Å². The zero-order valence-electron chi connectivity index (χ0n) is 16.1. The zero-order valence-corrected chi connectivity index (χ0v) is 16.1. The SMILES string of the molecule is CC(=O)Nc1ccc(NC(=O)C(=O)NCC(c2ccco2)N2CCOCC2)cc1. The molecule has 0 aliphatic carbocycles. The third-order valence-electron chi connectivity index (χ3n) is 4.48. The van der Waals surface area contributed by atoms with Crippen molar-refractivity contribution in [2.24, 2.45) is 0 Å². The highest BCUT2D eigenvalue weighted by molar-refractivity contribution is 6.39. The normalized spacial score (nSPS) is 15.3. The van der Waals surface area contributed by atoms with Crippen LogP contribution in [0.1, 0.15) is 18.7 Å². The first-order valence-corrected chi connectivity index (χ1v) is 9.35. The van der Waals surface area contributed by atoms with Crippen LogP contribution in [-0.2, 0) is 19.1 Å². The highest BCUT2D eigenvalue weighted by Gasteiger charge is 2.26. The lowest BCUT2D eigenvalue weighted by atomic mass is 10.1. The van der Waals surface area contributed by atoms with Gasteiger partial charge in [0.05, 0.1) is 25.5 Å². The van der Waals surface area contributed by atoms with E-state index in [1.807, 2.05) is 6.07 Å². The molecule has 9 heteroatoms. The van der Waals surface area contributed by atoms with E-state index in [4.69, 9.17) is 9.15 Å². The predicted molar refractivity (Wildman–Crippen MR) is 106 cm³/mol. The Hall–Kier alpha value is -3.17. The zero-order chi connectivity index (χ0) is 20.6. The van der Waals surface area contributed by atoms with Gasteiger partial charge in [-0.1, -0.05) is 0 Å². The van der Waals surface area contributed by atoms with Crippen molar-refractivity contribution in [1.29, 1.82) is 0 Å². The molecule has 9 nitrogen and oxygen atoms in total. The van der Waals surface area contributed by atoms with Crippen LogP contribution in [0.25, 0.3) is 0 Å². The number of rotatable bonds is 6. The Labute approximate surface area is 168 Å². The van der Waals surface area contributed by atoms with Crippen molar-refractivity contribution in [3.8, 4) is 0 Å². The fraction of sp³-hybridized carbons (Fsp3) is 0.350. The van der Waals surface area contributed by atoms with Crippen LogP contribution in [0, 0.1) is 0 Å². The summed E-state index contributed by atoms with van der Waals surface area (Å²) >= 11 is 0. The molecule has 2 heterocycles. The largest absolute Gasteiger partial charge is 0.468 e. The summed E-state index contributed by atoms with van der Waals surface area (Å²) in [6.07, 6.45) is 1.59. The Morgan fingerprint density at radius 1 is 1.00 bits per heavy atom. The molecule has 3 rings (SSSR count). The van der Waals surface area contributed by atoms with E-state index in [0.29, 0.717) is 37.7 Å². The second-order valence-corrected chi connectivity index (χ2v) is 6.60. The molecule has 1 aromatic carbocycles. The Balaban J connectivity index is 1.55. The van der Waals surface area contributed by atoms with Crippen LogP contribution in [0.15, 0.2) is 47.1 Å². The fourth-order valence-corrected chi connectivity index (χ4v) is 3.08. The molecule has 0 saturated carbocycles. The van der Waals surface area contributed by atoms with E-state index in [-0.39, 0.29) is 18.5 Å². The van der Waals surface area contributed by atoms with Crippen LogP contribution in [-0.4, -0.2) is 55.5 Å². The van der Waals surface area contributed by atoms with Gasteiger partial charge in [-0.15, -0.1) is 0 Å². The van der Waals surface area contributed by atoms with E-state index in [2.05, 4.69) is 20.9 Å². The number of ether oxygens (including phenoxy) is 1. The Kier molecular flexibility index (Phi) is 6.99. The summed E-state index contributed by atoms with van der Waals surface area (Å²) in [4.78, 5) is 37.7. The lowest BCUT2D eigenvalue weighted by Gasteiger charge is -2.33. The van der Waals surface area contributed by atoms with Crippen LogP contribution >= 0.6 is 0 Å². The number of benzene rings is 1. The van der Waals surface area contributed by atoms with Gasteiger partial charge in [-0.3, -0.25) is 19.3 Å². The maximum Gasteiger partial charge on any atom is 0.313 e. The van der Waals surface area contributed by atoms with Crippen molar-refractivity contribution in [2.75, 3.05) is 43.5 Å². The molecule has 1 atom stereocenters. The van der Waals surface area contributed by atoms with Crippen LogP contribution in [0.2, 0.25) is 0 Å². The van der Waals surface area contributed by atoms with Gasteiger partial charge in [0.1, 0.15) is 5.76 Å². The van der Waals surface area contributed by atoms with Gasteiger partial charge >= 0.3 is 11.8 Å². The van der Waals surface area contributed by atoms with Gasteiger partial charge in [-0.2, -0.15) is 0 Å². The number of hydrogen-bond acceptors (Lipinski definition) is 6. The lowest BCUT2D eigenvalue weighted by molar-refractivity contribution is -0.136. The molecule has 0 spiro atoms. The maximum absolute atomic E-state index is 12.3. The second kappa shape index (κ2) is 9.85. The van der Waals surface area contributed by atoms with Gasteiger partial charge in [-0.05, 0) is 36.4 Å². The maximum atomic E-state index is 12.3. The summed E-state index contributed by atoms with van der Waals surface area (Å²) in [7, 11) is 0. The summed E-state index contributed by atoms with van der Waals surface area (Å²) in [6, 6.07) is 9.96.